The zero-order valence-corrected chi connectivity index (χ0v) is 11.4. The van der Waals surface area contributed by atoms with Gasteiger partial charge in [-0.2, -0.15) is 0 Å². The summed E-state index contributed by atoms with van der Waals surface area (Å²) < 4.78 is 18.8. The summed E-state index contributed by atoms with van der Waals surface area (Å²) in [7, 11) is 0. The highest BCUT2D eigenvalue weighted by molar-refractivity contribution is 6.00. The molecule has 0 saturated carbocycles. The summed E-state index contributed by atoms with van der Waals surface area (Å²) in [5.41, 5.74) is 0.953. The van der Waals surface area contributed by atoms with Gasteiger partial charge in [-0.3, -0.25) is 4.79 Å². The van der Waals surface area contributed by atoms with Crippen LogP contribution in [0.2, 0.25) is 0 Å². The van der Waals surface area contributed by atoms with Crippen LogP contribution < -0.4 is 0 Å². The lowest BCUT2D eigenvalue weighted by molar-refractivity contribution is -0.141. The van der Waals surface area contributed by atoms with E-state index in [9.17, 15) is 14.0 Å². The molecular weight excluding hydrogens is 277 g/mol. The quantitative estimate of drug-likeness (QED) is 0.923. The Kier molecular flexibility index (Phi) is 3.16. The van der Waals surface area contributed by atoms with Crippen LogP contribution in [0.3, 0.4) is 0 Å². The lowest BCUT2D eigenvalue weighted by atomic mass is 10.1. The smallest absolute Gasteiger partial charge is 0.326 e. The highest BCUT2D eigenvalue weighted by Gasteiger charge is 2.36. The molecule has 1 fully saturated rings. The van der Waals surface area contributed by atoms with Crippen LogP contribution >= 0.6 is 0 Å². The van der Waals surface area contributed by atoms with Gasteiger partial charge in [0.25, 0.3) is 5.91 Å². The molecule has 0 bridgehead atoms. The number of rotatable bonds is 2. The zero-order valence-electron chi connectivity index (χ0n) is 11.4. The molecule has 0 spiro atoms. The SMILES string of the molecule is Cc1c(C(=O)N2CCC[C@H]2C(=O)O)oc2ccc(F)cc12. The Bertz CT molecular complexity index is 737. The molecule has 1 aromatic heterocycles. The largest absolute Gasteiger partial charge is 0.480 e. The first-order valence-corrected chi connectivity index (χ1v) is 6.71. The van der Waals surface area contributed by atoms with Crippen LogP contribution in [0.25, 0.3) is 11.0 Å². The number of nitrogens with zero attached hydrogens (tertiary/aromatic N) is 1. The van der Waals surface area contributed by atoms with E-state index < -0.39 is 23.7 Å². The van der Waals surface area contributed by atoms with Crippen molar-refractivity contribution in [3.8, 4) is 0 Å². The molecule has 3 rings (SSSR count). The number of carboxylic acid groups (broad SMARTS) is 1. The number of likely N-dealkylation sites (tertiary alicyclic amines) is 1. The molecule has 1 saturated heterocycles. The van der Waals surface area contributed by atoms with Crippen LogP contribution in [0.1, 0.15) is 29.0 Å². The molecule has 21 heavy (non-hydrogen) atoms. The maximum atomic E-state index is 13.3. The van der Waals surface area contributed by atoms with Crippen molar-refractivity contribution in [3.63, 3.8) is 0 Å². The van der Waals surface area contributed by atoms with Crippen molar-refractivity contribution >= 4 is 22.8 Å². The third-order valence-electron chi connectivity index (χ3n) is 3.89. The molecule has 2 heterocycles. The topological polar surface area (TPSA) is 70.8 Å². The molecule has 0 aliphatic carbocycles. The highest BCUT2D eigenvalue weighted by Crippen LogP contribution is 2.29. The van der Waals surface area contributed by atoms with Gasteiger partial charge in [0.15, 0.2) is 5.76 Å². The van der Waals surface area contributed by atoms with Gasteiger partial charge in [-0.15, -0.1) is 0 Å². The number of benzene rings is 1. The molecule has 0 unspecified atom stereocenters. The number of furan rings is 1. The lowest BCUT2D eigenvalue weighted by Gasteiger charge is -2.20. The number of carboxylic acids is 1. The van der Waals surface area contributed by atoms with Crippen molar-refractivity contribution in [2.45, 2.75) is 25.8 Å². The minimum atomic E-state index is -1.01. The van der Waals surface area contributed by atoms with Crippen LogP contribution in [0.4, 0.5) is 4.39 Å². The third kappa shape index (κ3) is 2.16. The molecular formula is C15H14FNO4. The summed E-state index contributed by atoms with van der Waals surface area (Å²) in [5.74, 6) is -1.78. The predicted molar refractivity (Wildman–Crippen MR) is 72.6 cm³/mol. The van der Waals surface area contributed by atoms with E-state index in [0.29, 0.717) is 35.9 Å². The van der Waals surface area contributed by atoms with Crippen LogP contribution in [0, 0.1) is 12.7 Å². The van der Waals surface area contributed by atoms with Crippen LogP contribution in [0.15, 0.2) is 22.6 Å². The van der Waals surface area contributed by atoms with Gasteiger partial charge in [-0.1, -0.05) is 0 Å². The number of amides is 1. The summed E-state index contributed by atoms with van der Waals surface area (Å²) in [5, 5.41) is 9.68. The van der Waals surface area contributed by atoms with Crippen molar-refractivity contribution in [1.29, 1.82) is 0 Å². The molecule has 1 atom stereocenters. The molecule has 1 aliphatic rings. The van der Waals surface area contributed by atoms with E-state index in [-0.39, 0.29) is 5.76 Å². The molecule has 6 heteroatoms. The fourth-order valence-electron chi connectivity index (χ4n) is 2.79. The Balaban J connectivity index is 2.02. The first kappa shape index (κ1) is 13.6. The van der Waals surface area contributed by atoms with E-state index >= 15 is 0 Å². The Morgan fingerprint density at radius 3 is 2.90 bits per heavy atom. The molecule has 110 valence electrons. The van der Waals surface area contributed by atoms with Gasteiger partial charge in [-0.05, 0) is 38.0 Å². The standard InChI is InChI=1S/C15H14FNO4/c1-8-10-7-9(16)4-5-12(10)21-13(8)14(18)17-6-2-3-11(17)15(19)20/h4-5,7,11H,2-3,6H2,1H3,(H,19,20)/t11-/m0/s1. The summed E-state index contributed by atoms with van der Waals surface area (Å²) in [6.07, 6.45) is 1.09. The van der Waals surface area contributed by atoms with E-state index in [1.54, 1.807) is 6.92 Å². The summed E-state index contributed by atoms with van der Waals surface area (Å²) in [6.45, 7) is 2.06. The molecule has 1 N–H and O–H groups in total. The van der Waals surface area contributed by atoms with Crippen molar-refractivity contribution in [2.24, 2.45) is 0 Å². The van der Waals surface area contributed by atoms with E-state index in [1.165, 1.54) is 23.1 Å². The Morgan fingerprint density at radius 2 is 2.19 bits per heavy atom. The Hall–Kier alpha value is -2.37. The first-order chi connectivity index (χ1) is 9.99. The van der Waals surface area contributed by atoms with Crippen molar-refractivity contribution < 1.29 is 23.5 Å². The number of aliphatic carboxylic acids is 1. The number of fused-ring (bicyclic) bond motifs is 1. The first-order valence-electron chi connectivity index (χ1n) is 6.71. The Labute approximate surface area is 119 Å². The van der Waals surface area contributed by atoms with E-state index in [2.05, 4.69) is 0 Å². The normalized spacial score (nSPS) is 18.4. The fraction of sp³-hybridized carbons (Fsp3) is 0.333. The van der Waals surface area contributed by atoms with Gasteiger partial charge < -0.3 is 14.4 Å². The Morgan fingerprint density at radius 1 is 1.43 bits per heavy atom. The number of hydrogen-bond donors (Lipinski definition) is 1. The second kappa shape index (κ2) is 4.87. The monoisotopic (exact) mass is 291 g/mol. The highest BCUT2D eigenvalue weighted by atomic mass is 19.1. The van der Waals surface area contributed by atoms with Gasteiger partial charge >= 0.3 is 5.97 Å². The van der Waals surface area contributed by atoms with E-state index in [1.807, 2.05) is 0 Å². The second-order valence-electron chi connectivity index (χ2n) is 5.19. The average molecular weight is 291 g/mol. The number of carbonyl (C=O) groups excluding carboxylic acids is 1. The average Bonchev–Trinajstić information content (AvgIpc) is 3.04. The molecule has 1 aromatic carbocycles. The zero-order chi connectivity index (χ0) is 15.1. The molecule has 2 aromatic rings. The minimum Gasteiger partial charge on any atom is -0.480 e. The van der Waals surface area contributed by atoms with Crippen LogP contribution in [-0.4, -0.2) is 34.5 Å². The van der Waals surface area contributed by atoms with Crippen molar-refractivity contribution in [2.75, 3.05) is 6.54 Å². The van der Waals surface area contributed by atoms with Gasteiger partial charge in [0.1, 0.15) is 17.4 Å². The maximum Gasteiger partial charge on any atom is 0.326 e. The van der Waals surface area contributed by atoms with Gasteiger partial charge in [0.05, 0.1) is 0 Å². The molecule has 0 radical (unpaired) electrons. The number of hydrogen-bond acceptors (Lipinski definition) is 3. The molecule has 5 nitrogen and oxygen atoms in total. The number of halogens is 1. The molecule has 1 amide bonds. The maximum absolute atomic E-state index is 13.3. The lowest BCUT2D eigenvalue weighted by Crippen LogP contribution is -2.40. The summed E-state index contributed by atoms with van der Waals surface area (Å²) in [4.78, 5) is 25.0. The number of aryl methyl sites for hydroxylation is 1. The fourth-order valence-corrected chi connectivity index (χ4v) is 2.79. The van der Waals surface area contributed by atoms with E-state index in [4.69, 9.17) is 9.52 Å². The summed E-state index contributed by atoms with van der Waals surface area (Å²) in [6, 6.07) is 3.22. The predicted octanol–water partition coefficient (Wildman–Crippen LogP) is 2.57. The molecule has 1 aliphatic heterocycles. The van der Waals surface area contributed by atoms with Gasteiger partial charge in [0.2, 0.25) is 0 Å². The minimum absolute atomic E-state index is 0.0868. The summed E-state index contributed by atoms with van der Waals surface area (Å²) >= 11 is 0. The van der Waals surface area contributed by atoms with Crippen molar-refractivity contribution in [3.05, 3.63) is 35.3 Å². The van der Waals surface area contributed by atoms with Crippen LogP contribution in [0.5, 0.6) is 0 Å². The van der Waals surface area contributed by atoms with Crippen LogP contribution in [-0.2, 0) is 4.79 Å². The number of carbonyl (C=O) groups is 2. The second-order valence-corrected chi connectivity index (χ2v) is 5.19. The third-order valence-corrected chi connectivity index (χ3v) is 3.89. The van der Waals surface area contributed by atoms with E-state index in [0.717, 1.165) is 0 Å². The van der Waals surface area contributed by atoms with Gasteiger partial charge in [0, 0.05) is 17.5 Å². The van der Waals surface area contributed by atoms with Gasteiger partial charge in [-0.25, -0.2) is 9.18 Å². The van der Waals surface area contributed by atoms with Crippen molar-refractivity contribution in [1.82, 2.24) is 4.90 Å².